The summed E-state index contributed by atoms with van der Waals surface area (Å²) in [6.07, 6.45) is 1.65. The number of hydrogen-bond donors (Lipinski definition) is 0. The molecule has 7 nitrogen and oxygen atoms in total. The number of benzene rings is 1. The van der Waals surface area contributed by atoms with Crippen LogP contribution in [0, 0.1) is 5.82 Å². The van der Waals surface area contributed by atoms with Gasteiger partial charge in [-0.25, -0.2) is 4.39 Å². The number of hydrogen-bond acceptors (Lipinski definition) is 7. The average molecular weight is 449 g/mol. The first-order valence-corrected chi connectivity index (χ1v) is 11.1. The van der Waals surface area contributed by atoms with Crippen LogP contribution in [0.1, 0.15) is 38.3 Å². The first kappa shape index (κ1) is 23.4. The normalized spacial score (nSPS) is 12.6. The summed E-state index contributed by atoms with van der Waals surface area (Å²) in [6.45, 7) is 3.69. The molecule has 0 fully saturated rings. The van der Waals surface area contributed by atoms with Crippen molar-refractivity contribution in [2.75, 3.05) is 19.8 Å². The predicted molar refractivity (Wildman–Crippen MR) is 105 cm³/mol. The van der Waals surface area contributed by atoms with Gasteiger partial charge in [-0.1, -0.05) is 11.6 Å². The second kappa shape index (κ2) is 11.4. The zero-order valence-electron chi connectivity index (χ0n) is 16.1. The number of furan rings is 1. The summed E-state index contributed by atoms with van der Waals surface area (Å²) in [5.41, 5.74) is 0. The smallest absolute Gasteiger partial charge is 0.378 e. The van der Waals surface area contributed by atoms with Crippen LogP contribution in [-0.2, 0) is 23.1 Å². The van der Waals surface area contributed by atoms with E-state index in [0.717, 1.165) is 6.07 Å². The third-order valence-corrected chi connectivity index (χ3v) is 6.08. The molecule has 0 saturated carbocycles. The highest BCUT2D eigenvalue weighted by molar-refractivity contribution is 7.54. The van der Waals surface area contributed by atoms with Crippen molar-refractivity contribution in [3.63, 3.8) is 0 Å². The molecule has 0 spiro atoms. The molecule has 29 heavy (non-hydrogen) atoms. The fourth-order valence-electron chi connectivity index (χ4n) is 2.42. The molecule has 0 aliphatic carbocycles. The Bertz CT molecular complexity index is 818. The maximum atomic E-state index is 13.1. The lowest BCUT2D eigenvalue weighted by atomic mass is 10.3. The van der Waals surface area contributed by atoms with Gasteiger partial charge in [-0.3, -0.25) is 9.36 Å². The van der Waals surface area contributed by atoms with Gasteiger partial charge in [0.05, 0.1) is 31.1 Å². The molecule has 1 aromatic heterocycles. The fourth-order valence-corrected chi connectivity index (χ4v) is 4.41. The first-order valence-electron chi connectivity index (χ1n) is 9.09. The molecule has 0 N–H and O–H groups in total. The summed E-state index contributed by atoms with van der Waals surface area (Å²) in [4.78, 5) is 12.3. The highest BCUT2D eigenvalue weighted by Gasteiger charge is 2.42. The first-order chi connectivity index (χ1) is 13.9. The van der Waals surface area contributed by atoms with Gasteiger partial charge in [0.2, 0.25) is 0 Å². The third kappa shape index (κ3) is 6.85. The third-order valence-electron chi connectivity index (χ3n) is 3.61. The molecular formula is C19H23ClFO7P. The molecule has 0 bridgehead atoms. The van der Waals surface area contributed by atoms with Crippen LogP contribution in [0.25, 0.3) is 0 Å². The molecule has 0 saturated heterocycles. The number of carbonyl (C=O) groups excluding carboxylic acids is 1. The molecule has 10 heteroatoms. The van der Waals surface area contributed by atoms with E-state index in [0.29, 0.717) is 12.2 Å². The van der Waals surface area contributed by atoms with E-state index >= 15 is 0 Å². The molecule has 1 heterocycles. The van der Waals surface area contributed by atoms with Crippen LogP contribution in [-0.4, -0.2) is 25.8 Å². The number of ether oxygens (including phenoxy) is 2. The Morgan fingerprint density at radius 3 is 2.55 bits per heavy atom. The Balaban J connectivity index is 1.95. The zero-order valence-corrected chi connectivity index (χ0v) is 17.8. The molecular weight excluding hydrogens is 426 g/mol. The molecule has 2 rings (SSSR count). The highest BCUT2D eigenvalue weighted by atomic mass is 35.5. The predicted octanol–water partition coefficient (Wildman–Crippen LogP) is 5.74. The number of carbonyl (C=O) groups is 1. The van der Waals surface area contributed by atoms with Crippen LogP contribution in [0.3, 0.4) is 0 Å². The van der Waals surface area contributed by atoms with Crippen LogP contribution in [0.4, 0.5) is 4.39 Å². The minimum atomic E-state index is -3.79. The SMILES string of the molecule is CCOP(=O)(OCC)C(OC(=O)CCCOc1ccc(F)cc1Cl)c1ccco1. The molecule has 0 radical (unpaired) electrons. The summed E-state index contributed by atoms with van der Waals surface area (Å²) < 4.78 is 52.8. The van der Waals surface area contributed by atoms with Crippen molar-refractivity contribution in [1.29, 1.82) is 0 Å². The Kier molecular flexibility index (Phi) is 9.17. The van der Waals surface area contributed by atoms with E-state index in [4.69, 9.17) is 34.5 Å². The lowest BCUT2D eigenvalue weighted by Gasteiger charge is -2.24. The van der Waals surface area contributed by atoms with Crippen molar-refractivity contribution in [2.24, 2.45) is 0 Å². The Morgan fingerprint density at radius 1 is 1.24 bits per heavy atom. The van der Waals surface area contributed by atoms with E-state index in [1.165, 1.54) is 24.5 Å². The van der Waals surface area contributed by atoms with Crippen LogP contribution in [0.2, 0.25) is 5.02 Å². The summed E-state index contributed by atoms with van der Waals surface area (Å²) in [7, 11) is -3.79. The van der Waals surface area contributed by atoms with Gasteiger partial charge in [-0.15, -0.1) is 0 Å². The van der Waals surface area contributed by atoms with Crippen LogP contribution in [0.5, 0.6) is 5.75 Å². The second-order valence-electron chi connectivity index (χ2n) is 5.76. The summed E-state index contributed by atoms with van der Waals surface area (Å²) in [6, 6.07) is 6.88. The quantitative estimate of drug-likeness (QED) is 0.232. The second-order valence-corrected chi connectivity index (χ2v) is 8.23. The summed E-state index contributed by atoms with van der Waals surface area (Å²) in [5, 5.41) is 0.139. The monoisotopic (exact) mass is 448 g/mol. The van der Waals surface area contributed by atoms with Gasteiger partial charge >= 0.3 is 13.6 Å². The van der Waals surface area contributed by atoms with Gasteiger partial charge in [0.1, 0.15) is 11.6 Å². The lowest BCUT2D eigenvalue weighted by Crippen LogP contribution is -2.15. The lowest BCUT2D eigenvalue weighted by molar-refractivity contribution is -0.147. The van der Waals surface area contributed by atoms with Crippen molar-refractivity contribution in [3.05, 3.63) is 53.2 Å². The Morgan fingerprint density at radius 2 is 1.97 bits per heavy atom. The fraction of sp³-hybridized carbons (Fsp3) is 0.421. The van der Waals surface area contributed by atoms with Gasteiger partial charge < -0.3 is 22.9 Å². The number of rotatable bonds is 12. The van der Waals surface area contributed by atoms with E-state index in [2.05, 4.69) is 0 Å². The molecule has 1 unspecified atom stereocenters. The zero-order chi connectivity index (χ0) is 21.3. The Hall–Kier alpha value is -1.86. The molecule has 0 amide bonds. The number of esters is 1. The largest absolute Gasteiger partial charge is 0.492 e. The standard InChI is InChI=1S/C19H23ClFO7P/c1-3-26-29(23,27-4-2)19(17-7-5-11-25-17)28-18(22)8-6-12-24-16-10-9-14(21)13-15(16)20/h5,7,9-11,13,19H,3-4,6,8,12H2,1-2H3. The van der Waals surface area contributed by atoms with E-state index in [-0.39, 0.29) is 37.0 Å². The van der Waals surface area contributed by atoms with E-state index in [1.54, 1.807) is 19.9 Å². The van der Waals surface area contributed by atoms with Gasteiger partial charge in [0.15, 0.2) is 5.76 Å². The average Bonchev–Trinajstić information content (AvgIpc) is 3.19. The molecule has 1 aromatic carbocycles. The van der Waals surface area contributed by atoms with Crippen molar-refractivity contribution >= 4 is 25.2 Å². The van der Waals surface area contributed by atoms with Crippen LogP contribution in [0.15, 0.2) is 41.0 Å². The topological polar surface area (TPSA) is 84.2 Å². The van der Waals surface area contributed by atoms with Crippen molar-refractivity contribution in [1.82, 2.24) is 0 Å². The van der Waals surface area contributed by atoms with Gasteiger partial charge in [0.25, 0.3) is 5.85 Å². The van der Waals surface area contributed by atoms with Crippen LogP contribution >= 0.6 is 19.2 Å². The van der Waals surface area contributed by atoms with Crippen molar-refractivity contribution in [3.8, 4) is 5.75 Å². The highest BCUT2D eigenvalue weighted by Crippen LogP contribution is 2.61. The van der Waals surface area contributed by atoms with E-state index in [9.17, 15) is 13.8 Å². The maximum Gasteiger partial charge on any atom is 0.378 e. The van der Waals surface area contributed by atoms with Crippen LogP contribution < -0.4 is 4.74 Å². The minimum absolute atomic E-state index is 0.0196. The molecule has 0 aliphatic heterocycles. The Labute approximate surface area is 173 Å². The minimum Gasteiger partial charge on any atom is -0.492 e. The summed E-state index contributed by atoms with van der Waals surface area (Å²) >= 11 is 5.88. The molecule has 160 valence electrons. The van der Waals surface area contributed by atoms with Gasteiger partial charge in [0, 0.05) is 6.42 Å². The summed E-state index contributed by atoms with van der Waals surface area (Å²) in [5.74, 6) is -1.93. The number of halogens is 2. The van der Waals surface area contributed by atoms with E-state index < -0.39 is 25.2 Å². The molecule has 2 aromatic rings. The maximum absolute atomic E-state index is 13.1. The van der Waals surface area contributed by atoms with Gasteiger partial charge in [-0.05, 0) is 50.6 Å². The van der Waals surface area contributed by atoms with Crippen molar-refractivity contribution in [2.45, 2.75) is 32.5 Å². The molecule has 1 atom stereocenters. The van der Waals surface area contributed by atoms with E-state index in [1.807, 2.05) is 0 Å². The van der Waals surface area contributed by atoms with Gasteiger partial charge in [-0.2, -0.15) is 0 Å². The van der Waals surface area contributed by atoms with Crippen molar-refractivity contribution < 1.29 is 36.7 Å². The molecule has 0 aliphatic rings.